The molecule has 12 heteroatoms. The third-order valence-corrected chi connectivity index (χ3v) is 12.0. The van der Waals surface area contributed by atoms with Crippen LogP contribution in [0.4, 0.5) is 4.39 Å². The lowest BCUT2D eigenvalue weighted by Crippen LogP contribution is -2.58. The molecule has 1 unspecified atom stereocenters. The van der Waals surface area contributed by atoms with Crippen molar-refractivity contribution in [3.8, 4) is 17.2 Å². The fourth-order valence-corrected chi connectivity index (χ4v) is 8.60. The number of rotatable bonds is 11. The van der Waals surface area contributed by atoms with Crippen molar-refractivity contribution in [2.75, 3.05) is 54.1 Å². The molecule has 1 atom stereocenters. The third kappa shape index (κ3) is 7.14. The number of piperidine rings is 1. The smallest absolute Gasteiger partial charge is 0.381 e. The number of imidazole rings is 1. The fraction of sp³-hybridized carbons (Fsp3) is 0.357. The van der Waals surface area contributed by atoms with Crippen LogP contribution in [0.2, 0.25) is 10.0 Å². The highest BCUT2D eigenvalue weighted by molar-refractivity contribution is 6.42. The number of carbonyl (C=O) groups is 2. The van der Waals surface area contributed by atoms with E-state index in [4.69, 9.17) is 42.4 Å². The van der Waals surface area contributed by atoms with Gasteiger partial charge in [0.05, 0.1) is 68.6 Å². The molecule has 2 saturated heterocycles. The Bertz CT molecular complexity index is 2160. The van der Waals surface area contributed by atoms with Gasteiger partial charge in [0.1, 0.15) is 5.82 Å². The van der Waals surface area contributed by atoms with Crippen molar-refractivity contribution in [1.82, 2.24) is 14.5 Å². The number of halogens is 3. The van der Waals surface area contributed by atoms with Gasteiger partial charge in [-0.05, 0) is 85.3 Å². The van der Waals surface area contributed by atoms with E-state index in [2.05, 4.69) is 0 Å². The Morgan fingerprint density at radius 3 is 2.24 bits per heavy atom. The monoisotopic (exact) mass is 773 g/mol. The molecule has 282 valence electrons. The van der Waals surface area contributed by atoms with Crippen LogP contribution in [0.3, 0.4) is 0 Å². The average molecular weight is 775 g/mol. The largest absolute Gasteiger partial charge is 0.493 e. The molecule has 0 spiro atoms. The summed E-state index contributed by atoms with van der Waals surface area (Å²) in [5, 5.41) is 0.893. The van der Waals surface area contributed by atoms with E-state index in [1.165, 1.54) is 33.5 Å². The first-order chi connectivity index (χ1) is 26.1. The summed E-state index contributed by atoms with van der Waals surface area (Å²) in [6.07, 6.45) is 4.16. The predicted octanol–water partition coefficient (Wildman–Crippen LogP) is 8.57. The van der Waals surface area contributed by atoms with E-state index < -0.39 is 5.41 Å². The van der Waals surface area contributed by atoms with Gasteiger partial charge in [-0.25, -0.2) is 14.2 Å². The topological polar surface area (TPSA) is 82.9 Å². The summed E-state index contributed by atoms with van der Waals surface area (Å²) >= 11 is 13.1. The van der Waals surface area contributed by atoms with Crippen molar-refractivity contribution >= 4 is 46.0 Å². The molecule has 2 aliphatic heterocycles. The number of carbonyl (C=O) groups excluding carboxylic acids is 2. The number of hydrogen-bond donors (Lipinski definition) is 0. The summed E-state index contributed by atoms with van der Waals surface area (Å²) in [6.45, 7) is 3.21. The van der Waals surface area contributed by atoms with Crippen LogP contribution in [-0.2, 0) is 12.0 Å². The first-order valence-electron chi connectivity index (χ1n) is 18.3. The molecule has 4 aromatic carbocycles. The summed E-state index contributed by atoms with van der Waals surface area (Å²) in [4.78, 5) is 36.1. The average Bonchev–Trinajstić information content (AvgIpc) is 3.81. The zero-order valence-corrected chi connectivity index (χ0v) is 32.3. The maximum atomic E-state index is 15.1. The molecule has 0 bridgehead atoms. The Labute approximate surface area is 324 Å². The molecule has 2 aliphatic rings. The summed E-state index contributed by atoms with van der Waals surface area (Å²) in [5.41, 5.74) is 3.35. The van der Waals surface area contributed by atoms with E-state index in [9.17, 15) is 9.18 Å². The van der Waals surface area contributed by atoms with Crippen molar-refractivity contribution in [3.63, 3.8) is 0 Å². The van der Waals surface area contributed by atoms with Gasteiger partial charge in [-0.3, -0.25) is 9.28 Å². The SMILES string of the molecule is COc1cc(C(=O)N2CCC(CC[N+]3(C(=O)c4nc5ccccc5n4Cc4ccc(F)cc4)CCCCC3)(c3ccc(Cl)c(Cl)c3)C2)cc(OC)c1OC. The van der Waals surface area contributed by atoms with Crippen LogP contribution in [0.15, 0.2) is 78.9 Å². The molecule has 2 fully saturated rings. The van der Waals surface area contributed by atoms with E-state index >= 15 is 4.79 Å². The lowest BCUT2D eigenvalue weighted by atomic mass is 9.76. The second-order valence-corrected chi connectivity index (χ2v) is 15.2. The number of nitrogens with zero attached hydrogens (tertiary/aromatic N) is 4. The van der Waals surface area contributed by atoms with E-state index in [1.54, 1.807) is 30.3 Å². The van der Waals surface area contributed by atoms with E-state index in [0.717, 1.165) is 41.4 Å². The van der Waals surface area contributed by atoms with Crippen LogP contribution < -0.4 is 14.2 Å². The summed E-state index contributed by atoms with van der Waals surface area (Å²) in [6, 6.07) is 23.2. The van der Waals surface area contributed by atoms with Crippen molar-refractivity contribution in [3.05, 3.63) is 117 Å². The van der Waals surface area contributed by atoms with E-state index in [1.807, 2.05) is 45.9 Å². The maximum absolute atomic E-state index is 15.1. The number of methoxy groups -OCH3 is 3. The van der Waals surface area contributed by atoms with Crippen molar-refractivity contribution in [2.45, 2.75) is 44.1 Å². The zero-order chi connectivity index (χ0) is 38.0. The molecule has 9 nitrogen and oxygen atoms in total. The van der Waals surface area contributed by atoms with Crippen LogP contribution in [-0.4, -0.2) is 84.8 Å². The van der Waals surface area contributed by atoms with Gasteiger partial charge >= 0.3 is 5.91 Å². The molecule has 54 heavy (non-hydrogen) atoms. The summed E-state index contributed by atoms with van der Waals surface area (Å²) < 4.78 is 32.7. The molecule has 2 amide bonds. The zero-order valence-electron chi connectivity index (χ0n) is 30.7. The van der Waals surface area contributed by atoms with Gasteiger partial charge in [0.15, 0.2) is 11.5 Å². The van der Waals surface area contributed by atoms with Crippen LogP contribution in [0.5, 0.6) is 17.2 Å². The van der Waals surface area contributed by atoms with Gasteiger partial charge in [-0.2, -0.15) is 0 Å². The second kappa shape index (κ2) is 15.6. The van der Waals surface area contributed by atoms with Crippen molar-refractivity contribution < 1.29 is 32.7 Å². The standard InChI is InChI=1S/C42H44Cl2FN4O5/c1-52-36-23-29(24-37(53-2)38(36)54-3)40(50)47-19-17-42(27-47,30-13-16-32(43)33(44)25-30)18-22-49(20-7-4-8-21-49)41(51)39-46-34-9-5-6-10-35(34)48(39)26-28-11-14-31(45)15-12-28/h5-6,9-16,23-25H,4,7-8,17-22,26-27H2,1-3H3/q+1. The van der Waals surface area contributed by atoms with Crippen LogP contribution in [0, 0.1) is 5.82 Å². The number of para-hydroxylation sites is 2. The Kier molecular flexibility index (Phi) is 10.9. The number of amides is 2. The first-order valence-corrected chi connectivity index (χ1v) is 19.0. The lowest BCUT2D eigenvalue weighted by Gasteiger charge is -2.41. The number of fused-ring (bicyclic) bond motifs is 1. The minimum Gasteiger partial charge on any atom is -0.493 e. The second-order valence-electron chi connectivity index (χ2n) is 14.4. The van der Waals surface area contributed by atoms with Gasteiger partial charge in [-0.1, -0.05) is 53.5 Å². The Balaban J connectivity index is 1.24. The molecule has 1 aromatic heterocycles. The van der Waals surface area contributed by atoms with Crippen molar-refractivity contribution in [1.29, 1.82) is 0 Å². The molecular weight excluding hydrogens is 730 g/mol. The number of aromatic nitrogens is 2. The Morgan fingerprint density at radius 1 is 0.870 bits per heavy atom. The Hall–Kier alpha value is -4.64. The number of benzene rings is 4. The number of hydrogen-bond acceptors (Lipinski definition) is 6. The molecule has 0 radical (unpaired) electrons. The van der Waals surface area contributed by atoms with Gasteiger partial charge in [0, 0.05) is 30.5 Å². The molecular formula is C42H44Cl2FN4O5+. The highest BCUT2D eigenvalue weighted by atomic mass is 35.5. The van der Waals surface area contributed by atoms with Gasteiger partial charge < -0.3 is 23.7 Å². The number of quaternary nitrogens is 1. The summed E-state index contributed by atoms with van der Waals surface area (Å²) in [5.74, 6) is 1.11. The quantitative estimate of drug-likeness (QED) is 0.125. The molecule has 0 aliphatic carbocycles. The maximum Gasteiger partial charge on any atom is 0.381 e. The Morgan fingerprint density at radius 2 is 1.57 bits per heavy atom. The number of ether oxygens (including phenoxy) is 3. The van der Waals surface area contributed by atoms with E-state index in [0.29, 0.717) is 90.8 Å². The van der Waals surface area contributed by atoms with Gasteiger partial charge in [0.2, 0.25) is 11.6 Å². The third-order valence-electron chi connectivity index (χ3n) is 11.3. The normalized spacial score (nSPS) is 18.1. The fourth-order valence-electron chi connectivity index (χ4n) is 8.30. The molecule has 0 saturated carbocycles. The molecule has 0 N–H and O–H groups in total. The van der Waals surface area contributed by atoms with Gasteiger partial charge in [0.25, 0.3) is 5.91 Å². The van der Waals surface area contributed by atoms with Crippen LogP contribution in [0.1, 0.15) is 64.2 Å². The molecule has 7 rings (SSSR count). The minimum absolute atomic E-state index is 0.0272. The van der Waals surface area contributed by atoms with Crippen LogP contribution in [0.25, 0.3) is 11.0 Å². The lowest BCUT2D eigenvalue weighted by molar-refractivity contribution is -0.855. The highest BCUT2D eigenvalue weighted by Crippen LogP contribution is 2.43. The van der Waals surface area contributed by atoms with Crippen molar-refractivity contribution in [2.24, 2.45) is 0 Å². The summed E-state index contributed by atoms with van der Waals surface area (Å²) in [7, 11) is 4.57. The van der Waals surface area contributed by atoms with Gasteiger partial charge in [-0.15, -0.1) is 0 Å². The number of likely N-dealkylation sites (tertiary alicyclic amines) is 2. The first kappa shape index (κ1) is 37.7. The highest BCUT2D eigenvalue weighted by Gasteiger charge is 2.47. The van der Waals surface area contributed by atoms with Crippen LogP contribution >= 0.6 is 23.2 Å². The molecule has 5 aromatic rings. The van der Waals surface area contributed by atoms with E-state index in [-0.39, 0.29) is 22.1 Å². The minimum atomic E-state index is -0.512. The predicted molar refractivity (Wildman–Crippen MR) is 208 cm³/mol. The molecule has 3 heterocycles.